The van der Waals surface area contributed by atoms with Gasteiger partial charge in [-0.1, -0.05) is 4.52 Å². The lowest BCUT2D eigenvalue weighted by molar-refractivity contribution is -0.143. The van der Waals surface area contributed by atoms with E-state index in [0.717, 1.165) is 0 Å². The number of rotatable bonds is 6. The minimum Gasteiger partial charge on any atom is -0.463 e. The molecule has 6 nitrogen and oxygen atoms in total. The first-order valence-corrected chi connectivity index (χ1v) is 4.26. The van der Waals surface area contributed by atoms with E-state index in [0.29, 0.717) is 0 Å². The van der Waals surface area contributed by atoms with Crippen LogP contribution in [0.4, 0.5) is 0 Å². The maximum atomic E-state index is 10.2. The summed E-state index contributed by atoms with van der Waals surface area (Å²) in [4.78, 5) is 18.3. The first kappa shape index (κ1) is 11.4. The van der Waals surface area contributed by atoms with Crippen LogP contribution in [0.1, 0.15) is 6.92 Å². The zero-order valence-corrected chi connectivity index (χ0v) is 7.45. The molecule has 0 aliphatic carbocycles. The minimum absolute atomic E-state index is 0.112. The molecule has 0 saturated heterocycles. The van der Waals surface area contributed by atoms with Crippen molar-refractivity contribution in [2.24, 2.45) is 0 Å². The van der Waals surface area contributed by atoms with Gasteiger partial charge in [-0.05, 0) is 0 Å². The molecule has 0 rings (SSSR count). The molecule has 1 atom stereocenters. The molecule has 1 unspecified atom stereocenters. The van der Waals surface area contributed by atoms with Crippen molar-refractivity contribution in [3.63, 3.8) is 0 Å². The van der Waals surface area contributed by atoms with Gasteiger partial charge in [-0.25, -0.2) is 0 Å². The largest absolute Gasteiger partial charge is 0.697 e. The number of ether oxygens (including phenoxy) is 2. The van der Waals surface area contributed by atoms with Gasteiger partial charge in [0, 0.05) is 11.5 Å². The zero-order valence-electron chi connectivity index (χ0n) is 6.56. The lowest BCUT2D eigenvalue weighted by Crippen LogP contribution is -2.08. The Balaban J connectivity index is 3.01. The summed E-state index contributed by atoms with van der Waals surface area (Å²) < 4.78 is 23.2. The van der Waals surface area contributed by atoms with Crippen molar-refractivity contribution in [3.05, 3.63) is 0 Å². The molecule has 70 valence electrons. The van der Waals surface area contributed by atoms with Crippen LogP contribution in [0.5, 0.6) is 0 Å². The Morgan fingerprint density at radius 2 is 2.17 bits per heavy atom. The third kappa shape index (κ3) is 9.45. The zero-order chi connectivity index (χ0) is 9.40. The second-order valence-electron chi connectivity index (χ2n) is 1.73. The highest BCUT2D eigenvalue weighted by Gasteiger charge is 2.10. The van der Waals surface area contributed by atoms with Gasteiger partial charge in [0.15, 0.2) is 0 Å². The second-order valence-corrected chi connectivity index (χ2v) is 2.47. The van der Waals surface area contributed by atoms with E-state index in [4.69, 9.17) is 4.89 Å². The van der Waals surface area contributed by atoms with E-state index in [9.17, 15) is 9.36 Å². The molecular formula is C5H10O6P+. The average Bonchev–Trinajstić information content (AvgIpc) is 1.95. The second kappa shape index (κ2) is 7.12. The molecule has 0 fully saturated rings. The number of hydrogen-bond acceptors (Lipinski definition) is 5. The Morgan fingerprint density at radius 3 is 2.67 bits per heavy atom. The molecule has 0 aromatic heterocycles. The van der Waals surface area contributed by atoms with Gasteiger partial charge >= 0.3 is 14.2 Å². The van der Waals surface area contributed by atoms with Gasteiger partial charge in [0.25, 0.3) is 0 Å². The van der Waals surface area contributed by atoms with Crippen molar-refractivity contribution in [2.45, 2.75) is 6.92 Å². The standard InChI is InChI=1S/C5H9O6P/c1-5(6)10-3-2-9-4-11-12(7)8/h2-4H2,1H3/p+1. The maximum absolute atomic E-state index is 10.2. The number of esters is 1. The first-order valence-electron chi connectivity index (χ1n) is 3.13. The predicted molar refractivity (Wildman–Crippen MR) is 38.4 cm³/mol. The first-order chi connectivity index (χ1) is 5.63. The van der Waals surface area contributed by atoms with Crippen molar-refractivity contribution < 1.29 is 28.3 Å². The lowest BCUT2D eigenvalue weighted by atomic mass is 10.7. The van der Waals surface area contributed by atoms with Crippen molar-refractivity contribution in [1.82, 2.24) is 0 Å². The van der Waals surface area contributed by atoms with Crippen LogP contribution in [0.2, 0.25) is 0 Å². The Morgan fingerprint density at radius 1 is 1.50 bits per heavy atom. The van der Waals surface area contributed by atoms with Gasteiger partial charge < -0.3 is 9.47 Å². The molecule has 0 radical (unpaired) electrons. The van der Waals surface area contributed by atoms with E-state index >= 15 is 0 Å². The van der Waals surface area contributed by atoms with Crippen LogP contribution in [-0.4, -0.2) is 30.9 Å². The fraction of sp³-hybridized carbons (Fsp3) is 0.800. The molecule has 7 heteroatoms. The third-order valence-corrected chi connectivity index (χ3v) is 1.11. The third-order valence-electron chi connectivity index (χ3n) is 0.779. The van der Waals surface area contributed by atoms with Crippen LogP contribution in [0.15, 0.2) is 0 Å². The number of hydrogen-bond donors (Lipinski definition) is 1. The summed E-state index contributed by atoms with van der Waals surface area (Å²) in [7, 11) is -2.62. The molecule has 0 aromatic carbocycles. The monoisotopic (exact) mass is 197 g/mol. The van der Waals surface area contributed by atoms with E-state index in [1.54, 1.807) is 0 Å². The molecule has 12 heavy (non-hydrogen) atoms. The molecule has 0 aromatic rings. The van der Waals surface area contributed by atoms with Crippen molar-refractivity contribution in [3.8, 4) is 0 Å². The quantitative estimate of drug-likeness (QED) is 0.283. The molecule has 0 aliphatic heterocycles. The Kier molecular flexibility index (Phi) is 6.79. The molecule has 0 amide bonds. The topological polar surface area (TPSA) is 82.1 Å². The van der Waals surface area contributed by atoms with Crippen LogP contribution in [0.25, 0.3) is 0 Å². The summed E-state index contributed by atoms with van der Waals surface area (Å²) in [6.45, 7) is 1.25. The van der Waals surface area contributed by atoms with E-state index in [1.165, 1.54) is 6.92 Å². The van der Waals surface area contributed by atoms with Crippen molar-refractivity contribution in [2.75, 3.05) is 20.0 Å². The average molecular weight is 197 g/mol. The summed E-state index contributed by atoms with van der Waals surface area (Å²) in [5.74, 6) is -0.396. The van der Waals surface area contributed by atoms with Gasteiger partial charge in [-0.2, -0.15) is 0 Å². The molecule has 0 bridgehead atoms. The number of carbonyl (C=O) groups is 1. The van der Waals surface area contributed by atoms with E-state index < -0.39 is 14.2 Å². The van der Waals surface area contributed by atoms with Crippen molar-refractivity contribution in [1.29, 1.82) is 0 Å². The fourth-order valence-electron chi connectivity index (χ4n) is 0.386. The highest BCUT2D eigenvalue weighted by molar-refractivity contribution is 7.32. The summed E-state index contributed by atoms with van der Waals surface area (Å²) in [5.41, 5.74) is 0. The number of carbonyl (C=O) groups excluding carboxylic acids is 1. The molecule has 0 aliphatic rings. The lowest BCUT2D eigenvalue weighted by Gasteiger charge is -1.99. The summed E-state index contributed by atoms with van der Waals surface area (Å²) in [6.07, 6.45) is 0. The van der Waals surface area contributed by atoms with E-state index in [1.807, 2.05) is 0 Å². The van der Waals surface area contributed by atoms with Crippen molar-refractivity contribution >= 4 is 14.2 Å². The highest BCUT2D eigenvalue weighted by Crippen LogP contribution is 2.13. The molecule has 1 N–H and O–H groups in total. The summed E-state index contributed by atoms with van der Waals surface area (Å²) in [5, 5.41) is 0. The van der Waals surface area contributed by atoms with Crippen LogP contribution in [-0.2, 0) is 23.4 Å². The predicted octanol–water partition coefficient (Wildman–Crippen LogP) is 0.190. The Hall–Kier alpha value is -0.550. The molecular weight excluding hydrogens is 187 g/mol. The van der Waals surface area contributed by atoms with Gasteiger partial charge in [-0.15, -0.1) is 4.89 Å². The minimum atomic E-state index is -2.62. The van der Waals surface area contributed by atoms with E-state index in [-0.39, 0.29) is 20.0 Å². The Labute approximate surface area is 70.4 Å². The SMILES string of the molecule is CC(=O)OCCOCO[P+](=O)O. The van der Waals surface area contributed by atoms with Gasteiger partial charge in [0.2, 0.25) is 6.79 Å². The molecule has 0 spiro atoms. The highest BCUT2D eigenvalue weighted by atomic mass is 31.1. The van der Waals surface area contributed by atoms with Gasteiger partial charge in [0.05, 0.1) is 6.61 Å². The van der Waals surface area contributed by atoms with Crippen LogP contribution in [0.3, 0.4) is 0 Å². The summed E-state index contributed by atoms with van der Waals surface area (Å²) in [6, 6.07) is 0. The van der Waals surface area contributed by atoms with Gasteiger partial charge in [0.1, 0.15) is 6.61 Å². The summed E-state index contributed by atoms with van der Waals surface area (Å²) >= 11 is 0. The van der Waals surface area contributed by atoms with Crippen LogP contribution >= 0.6 is 8.25 Å². The van der Waals surface area contributed by atoms with Gasteiger partial charge in [-0.3, -0.25) is 4.79 Å². The molecule has 0 heterocycles. The molecule has 0 saturated carbocycles. The maximum Gasteiger partial charge on any atom is 0.697 e. The normalized spacial score (nSPS) is 11.0. The smallest absolute Gasteiger partial charge is 0.463 e. The van der Waals surface area contributed by atoms with E-state index in [2.05, 4.69) is 14.0 Å². The Bertz CT molecular complexity index is 140. The van der Waals surface area contributed by atoms with Crippen LogP contribution < -0.4 is 0 Å². The fourth-order valence-corrected chi connectivity index (χ4v) is 0.550. The van der Waals surface area contributed by atoms with Crippen LogP contribution in [0, 0.1) is 0 Å².